The lowest BCUT2D eigenvalue weighted by molar-refractivity contribution is -0.126. The molecule has 3 atom stereocenters. The zero-order valence-electron chi connectivity index (χ0n) is 17.9. The minimum absolute atomic E-state index is 0.0185. The molecule has 0 bridgehead atoms. The molecule has 9 nitrogen and oxygen atoms in total. The van der Waals surface area contributed by atoms with Crippen molar-refractivity contribution < 1.29 is 24.5 Å². The Morgan fingerprint density at radius 2 is 1.84 bits per heavy atom. The molecule has 2 heterocycles. The number of aliphatic hydroxyl groups is 2. The zero-order chi connectivity index (χ0) is 22.6. The van der Waals surface area contributed by atoms with Crippen molar-refractivity contribution in [3.8, 4) is 11.1 Å². The van der Waals surface area contributed by atoms with Crippen molar-refractivity contribution in [2.45, 2.75) is 51.0 Å². The normalized spacial score (nSPS) is 19.7. The number of β-amino-alcohol motifs (C(OH)–C–C–N with tert-alkyl or cyclic N) is 1. The summed E-state index contributed by atoms with van der Waals surface area (Å²) in [7, 11) is 0. The Hall–Kier alpha value is -3.04. The first kappa shape index (κ1) is 22.6. The van der Waals surface area contributed by atoms with Crippen molar-refractivity contribution in [3.63, 3.8) is 0 Å². The molecule has 0 aliphatic carbocycles. The van der Waals surface area contributed by atoms with E-state index >= 15 is 0 Å². The van der Waals surface area contributed by atoms with Gasteiger partial charge in [-0.05, 0) is 31.9 Å². The number of rotatable bonds is 5. The third kappa shape index (κ3) is 5.77. The molecule has 166 valence electrons. The van der Waals surface area contributed by atoms with Crippen LogP contribution in [0.2, 0.25) is 0 Å². The molecule has 3 rings (SSSR count). The quantitative estimate of drug-likeness (QED) is 0.661. The summed E-state index contributed by atoms with van der Waals surface area (Å²) in [5.74, 6) is -0.456. The Balaban J connectivity index is 1.70. The summed E-state index contributed by atoms with van der Waals surface area (Å²) in [6, 6.07) is 5.79. The number of ether oxygens (including phenoxy) is 1. The van der Waals surface area contributed by atoms with Gasteiger partial charge in [-0.2, -0.15) is 0 Å². The van der Waals surface area contributed by atoms with Gasteiger partial charge >= 0.3 is 6.09 Å². The Labute approximate surface area is 181 Å². The van der Waals surface area contributed by atoms with Crippen LogP contribution >= 0.6 is 0 Å². The number of nitrogens with zero attached hydrogens (tertiary/aromatic N) is 3. The molecule has 2 aromatic rings. The highest BCUT2D eigenvalue weighted by Gasteiger charge is 2.41. The molecule has 2 amide bonds. The van der Waals surface area contributed by atoms with E-state index in [1.807, 2.05) is 12.1 Å². The lowest BCUT2D eigenvalue weighted by Gasteiger charge is -2.28. The first-order chi connectivity index (χ1) is 14.7. The third-order valence-electron chi connectivity index (χ3n) is 4.92. The van der Waals surface area contributed by atoms with E-state index in [1.165, 1.54) is 11.2 Å². The van der Waals surface area contributed by atoms with Gasteiger partial charge in [0.1, 0.15) is 18.0 Å². The maximum atomic E-state index is 12.9. The SMILES string of the molecule is CC(C)(C)OC(=O)N1C[C@H](O)C[C@H]1C(=O)N[C@@H](CO)c1ccc(-c2cncnc2)cc1. The fourth-order valence-electron chi connectivity index (χ4n) is 3.44. The second kappa shape index (κ2) is 9.40. The number of likely N-dealkylation sites (tertiary alicyclic amines) is 1. The Kier molecular flexibility index (Phi) is 6.87. The molecule has 0 spiro atoms. The van der Waals surface area contributed by atoms with Crippen molar-refractivity contribution >= 4 is 12.0 Å². The number of aromatic nitrogens is 2. The highest BCUT2D eigenvalue weighted by molar-refractivity contribution is 5.86. The van der Waals surface area contributed by atoms with Gasteiger partial charge in [0, 0.05) is 24.4 Å². The van der Waals surface area contributed by atoms with Crippen molar-refractivity contribution in [3.05, 3.63) is 48.5 Å². The molecule has 1 saturated heterocycles. The Morgan fingerprint density at radius 3 is 2.42 bits per heavy atom. The molecule has 0 unspecified atom stereocenters. The van der Waals surface area contributed by atoms with Gasteiger partial charge < -0.3 is 20.3 Å². The summed E-state index contributed by atoms with van der Waals surface area (Å²) in [6.45, 7) is 4.91. The minimum atomic E-state index is -0.875. The van der Waals surface area contributed by atoms with Gasteiger partial charge in [-0.15, -0.1) is 0 Å². The topological polar surface area (TPSA) is 125 Å². The molecule has 1 fully saturated rings. The van der Waals surface area contributed by atoms with Crippen molar-refractivity contribution in [2.24, 2.45) is 0 Å². The summed E-state index contributed by atoms with van der Waals surface area (Å²) in [4.78, 5) is 34.6. The van der Waals surface area contributed by atoms with E-state index in [4.69, 9.17) is 4.74 Å². The molecule has 9 heteroatoms. The molecular weight excluding hydrogens is 400 g/mol. The number of carbonyl (C=O) groups is 2. The fraction of sp³-hybridized carbons (Fsp3) is 0.455. The molecule has 1 aliphatic rings. The average molecular weight is 428 g/mol. The number of hydrogen-bond donors (Lipinski definition) is 3. The second-order valence-corrected chi connectivity index (χ2v) is 8.53. The second-order valence-electron chi connectivity index (χ2n) is 8.53. The molecular formula is C22H28N4O5. The predicted molar refractivity (Wildman–Crippen MR) is 113 cm³/mol. The number of aliphatic hydroxyl groups excluding tert-OH is 2. The minimum Gasteiger partial charge on any atom is -0.444 e. The van der Waals surface area contributed by atoms with Crippen LogP contribution in [-0.2, 0) is 9.53 Å². The van der Waals surface area contributed by atoms with Crippen LogP contribution in [0.3, 0.4) is 0 Å². The summed E-state index contributed by atoms with van der Waals surface area (Å²) >= 11 is 0. The lowest BCUT2D eigenvalue weighted by Crippen LogP contribution is -2.48. The fourth-order valence-corrected chi connectivity index (χ4v) is 3.44. The van der Waals surface area contributed by atoms with Gasteiger partial charge in [0.15, 0.2) is 0 Å². The van der Waals surface area contributed by atoms with Crippen molar-refractivity contribution in [1.82, 2.24) is 20.2 Å². The van der Waals surface area contributed by atoms with Crippen LogP contribution in [0.15, 0.2) is 43.0 Å². The summed E-state index contributed by atoms with van der Waals surface area (Å²) in [6.07, 6.45) is 3.49. The highest BCUT2D eigenvalue weighted by atomic mass is 16.6. The van der Waals surface area contributed by atoms with Gasteiger partial charge in [0.05, 0.1) is 25.3 Å². The van der Waals surface area contributed by atoms with E-state index in [0.29, 0.717) is 5.56 Å². The van der Waals surface area contributed by atoms with Crippen molar-refractivity contribution in [1.29, 1.82) is 0 Å². The number of benzene rings is 1. The zero-order valence-corrected chi connectivity index (χ0v) is 17.9. The monoisotopic (exact) mass is 428 g/mol. The van der Waals surface area contributed by atoms with Gasteiger partial charge in [-0.1, -0.05) is 24.3 Å². The van der Waals surface area contributed by atoms with Gasteiger partial charge in [0.2, 0.25) is 5.91 Å². The maximum absolute atomic E-state index is 12.9. The van der Waals surface area contributed by atoms with E-state index in [1.54, 1.807) is 45.3 Å². The smallest absolute Gasteiger partial charge is 0.411 e. The Morgan fingerprint density at radius 1 is 1.19 bits per heavy atom. The molecule has 1 aromatic heterocycles. The van der Waals surface area contributed by atoms with Crippen LogP contribution in [0, 0.1) is 0 Å². The number of carbonyl (C=O) groups excluding carboxylic acids is 2. The maximum Gasteiger partial charge on any atom is 0.411 e. The van der Waals surface area contributed by atoms with E-state index in [-0.39, 0.29) is 19.6 Å². The lowest BCUT2D eigenvalue weighted by atomic mass is 10.0. The largest absolute Gasteiger partial charge is 0.444 e. The van der Waals surface area contributed by atoms with E-state index < -0.39 is 35.8 Å². The standard InChI is InChI=1S/C22H28N4O5/c1-22(2,3)31-21(30)26-11-17(28)8-19(26)20(29)25-18(12-27)15-6-4-14(5-7-15)16-9-23-13-24-10-16/h4-7,9-10,13,17-19,27-28H,8,11-12H2,1-3H3,(H,25,29)/t17-,18+,19+/m1/s1. The Bertz CT molecular complexity index is 898. The first-order valence-corrected chi connectivity index (χ1v) is 10.1. The van der Waals surface area contributed by atoms with Crippen LogP contribution in [-0.4, -0.2) is 68.0 Å². The van der Waals surface area contributed by atoms with Crippen LogP contribution in [0.5, 0.6) is 0 Å². The molecule has 3 N–H and O–H groups in total. The van der Waals surface area contributed by atoms with Gasteiger partial charge in [-0.25, -0.2) is 14.8 Å². The summed E-state index contributed by atoms with van der Waals surface area (Å²) < 4.78 is 5.36. The highest BCUT2D eigenvalue weighted by Crippen LogP contribution is 2.24. The number of nitrogens with one attached hydrogen (secondary N) is 1. The molecule has 0 saturated carbocycles. The van der Waals surface area contributed by atoms with Crippen LogP contribution in [0.1, 0.15) is 38.8 Å². The summed E-state index contributed by atoms with van der Waals surface area (Å²) in [5, 5.41) is 22.7. The molecule has 31 heavy (non-hydrogen) atoms. The van der Waals surface area contributed by atoms with Gasteiger partial charge in [0.25, 0.3) is 0 Å². The number of amides is 2. The average Bonchev–Trinajstić information content (AvgIpc) is 3.13. The molecule has 1 aromatic carbocycles. The van der Waals surface area contributed by atoms with E-state index in [2.05, 4.69) is 15.3 Å². The van der Waals surface area contributed by atoms with Crippen LogP contribution in [0.4, 0.5) is 4.79 Å². The van der Waals surface area contributed by atoms with E-state index in [0.717, 1.165) is 11.1 Å². The van der Waals surface area contributed by atoms with Crippen LogP contribution < -0.4 is 5.32 Å². The van der Waals surface area contributed by atoms with E-state index in [9.17, 15) is 19.8 Å². The van der Waals surface area contributed by atoms with Crippen LogP contribution in [0.25, 0.3) is 11.1 Å². The number of hydrogen-bond acceptors (Lipinski definition) is 7. The molecule has 1 aliphatic heterocycles. The van der Waals surface area contributed by atoms with Crippen molar-refractivity contribution in [2.75, 3.05) is 13.2 Å². The first-order valence-electron chi connectivity index (χ1n) is 10.1. The molecule has 0 radical (unpaired) electrons. The summed E-state index contributed by atoms with van der Waals surface area (Å²) in [5.41, 5.74) is 1.75. The third-order valence-corrected chi connectivity index (χ3v) is 4.92. The van der Waals surface area contributed by atoms with Gasteiger partial charge in [-0.3, -0.25) is 9.69 Å². The predicted octanol–water partition coefficient (Wildman–Crippen LogP) is 1.66.